The number of rotatable bonds is 4. The van der Waals surface area contributed by atoms with Crippen molar-refractivity contribution in [2.45, 2.75) is 20.0 Å². The van der Waals surface area contributed by atoms with Gasteiger partial charge in [0.25, 0.3) is 0 Å². The molecular formula is C12H17N3OS. The Bertz CT molecular complexity index is 404. The van der Waals surface area contributed by atoms with Crippen molar-refractivity contribution in [3.63, 3.8) is 0 Å². The molecule has 1 aromatic carbocycles. The fourth-order valence-electron chi connectivity index (χ4n) is 1.16. The van der Waals surface area contributed by atoms with Crippen LogP contribution in [-0.4, -0.2) is 24.5 Å². The second-order valence-electron chi connectivity index (χ2n) is 3.65. The van der Waals surface area contributed by atoms with Gasteiger partial charge in [0.15, 0.2) is 5.11 Å². The van der Waals surface area contributed by atoms with Gasteiger partial charge in [-0.05, 0) is 38.2 Å². The lowest BCUT2D eigenvalue weighted by Gasteiger charge is -2.11. The normalized spacial score (nSPS) is 10.6. The maximum absolute atomic E-state index is 5.66. The smallest absolute Gasteiger partial charge is 0.186 e. The third-order valence-electron chi connectivity index (χ3n) is 1.88. The van der Waals surface area contributed by atoms with Gasteiger partial charge in [0, 0.05) is 12.6 Å². The van der Waals surface area contributed by atoms with Crippen molar-refractivity contribution in [2.75, 3.05) is 7.05 Å². The molecular weight excluding hydrogens is 234 g/mol. The number of ether oxygens (including phenoxy) is 1. The van der Waals surface area contributed by atoms with E-state index >= 15 is 0 Å². The first-order chi connectivity index (χ1) is 8.13. The second kappa shape index (κ2) is 6.85. The van der Waals surface area contributed by atoms with Crippen LogP contribution in [0.25, 0.3) is 0 Å². The summed E-state index contributed by atoms with van der Waals surface area (Å²) in [5, 5.41) is 7.27. The fraction of sp³-hybridized carbons (Fsp3) is 0.333. The van der Waals surface area contributed by atoms with Crippen molar-refractivity contribution in [1.82, 2.24) is 10.7 Å². The molecule has 0 spiro atoms. The highest BCUT2D eigenvalue weighted by Crippen LogP contribution is 2.17. The number of benzene rings is 1. The molecule has 0 saturated heterocycles. The van der Waals surface area contributed by atoms with E-state index in [-0.39, 0.29) is 6.10 Å². The molecule has 0 aliphatic rings. The number of thiocarbonyl (C=S) groups is 1. The van der Waals surface area contributed by atoms with E-state index in [0.717, 1.165) is 11.3 Å². The molecule has 0 heterocycles. The van der Waals surface area contributed by atoms with Crippen LogP contribution in [0.1, 0.15) is 19.4 Å². The van der Waals surface area contributed by atoms with Crippen LogP contribution in [0.15, 0.2) is 29.4 Å². The van der Waals surface area contributed by atoms with Crippen molar-refractivity contribution in [3.8, 4) is 5.75 Å². The van der Waals surface area contributed by atoms with E-state index in [9.17, 15) is 0 Å². The van der Waals surface area contributed by atoms with Gasteiger partial charge in [0.2, 0.25) is 0 Å². The van der Waals surface area contributed by atoms with Crippen LogP contribution >= 0.6 is 12.2 Å². The molecule has 0 amide bonds. The Morgan fingerprint density at radius 1 is 1.41 bits per heavy atom. The van der Waals surface area contributed by atoms with Gasteiger partial charge in [-0.3, -0.25) is 5.43 Å². The van der Waals surface area contributed by atoms with Crippen LogP contribution in [-0.2, 0) is 0 Å². The number of nitrogens with zero attached hydrogens (tertiary/aromatic N) is 1. The zero-order chi connectivity index (χ0) is 12.7. The third kappa shape index (κ3) is 4.82. The van der Waals surface area contributed by atoms with E-state index in [4.69, 9.17) is 17.0 Å². The zero-order valence-corrected chi connectivity index (χ0v) is 11.0. The first-order valence-electron chi connectivity index (χ1n) is 5.40. The van der Waals surface area contributed by atoms with Gasteiger partial charge in [-0.1, -0.05) is 12.1 Å². The Kier molecular flexibility index (Phi) is 5.42. The minimum atomic E-state index is 0.135. The van der Waals surface area contributed by atoms with E-state index in [1.165, 1.54) is 0 Å². The summed E-state index contributed by atoms with van der Waals surface area (Å²) in [5.74, 6) is 0.809. The summed E-state index contributed by atoms with van der Waals surface area (Å²) in [6.07, 6.45) is 1.82. The van der Waals surface area contributed by atoms with Gasteiger partial charge in [0.1, 0.15) is 5.75 Å². The molecule has 0 aliphatic carbocycles. The number of nitrogens with one attached hydrogen (secondary N) is 2. The minimum Gasteiger partial charge on any atom is -0.490 e. The molecule has 2 N–H and O–H groups in total. The van der Waals surface area contributed by atoms with Crippen molar-refractivity contribution in [2.24, 2.45) is 5.10 Å². The number of hydrazone groups is 1. The van der Waals surface area contributed by atoms with E-state index in [1.54, 1.807) is 13.3 Å². The quantitative estimate of drug-likeness (QED) is 0.487. The lowest BCUT2D eigenvalue weighted by atomic mass is 10.2. The first-order valence-corrected chi connectivity index (χ1v) is 5.80. The molecule has 0 bridgehead atoms. The summed E-state index contributed by atoms with van der Waals surface area (Å²) in [6.45, 7) is 3.98. The molecule has 0 aromatic heterocycles. The SMILES string of the molecule is CNC(=S)N/N=C\c1ccccc1OC(C)C. The highest BCUT2D eigenvalue weighted by molar-refractivity contribution is 7.80. The lowest BCUT2D eigenvalue weighted by molar-refractivity contribution is 0.242. The predicted molar refractivity (Wildman–Crippen MR) is 74.6 cm³/mol. The third-order valence-corrected chi connectivity index (χ3v) is 2.17. The highest BCUT2D eigenvalue weighted by Gasteiger charge is 2.02. The largest absolute Gasteiger partial charge is 0.490 e. The monoisotopic (exact) mass is 251 g/mol. The fourth-order valence-corrected chi connectivity index (χ4v) is 1.22. The van der Waals surface area contributed by atoms with Crippen LogP contribution in [0.3, 0.4) is 0 Å². The topological polar surface area (TPSA) is 45.7 Å². The van der Waals surface area contributed by atoms with Crippen LogP contribution in [0.4, 0.5) is 0 Å². The molecule has 5 heteroatoms. The number of hydrogen-bond donors (Lipinski definition) is 2. The molecule has 1 aromatic rings. The molecule has 0 aliphatic heterocycles. The Balaban J connectivity index is 2.72. The maximum atomic E-state index is 5.66. The molecule has 0 fully saturated rings. The maximum Gasteiger partial charge on any atom is 0.186 e. The molecule has 4 nitrogen and oxygen atoms in total. The number of para-hydroxylation sites is 1. The molecule has 92 valence electrons. The Labute approximate surface area is 107 Å². The molecule has 1 rings (SSSR count). The van der Waals surface area contributed by atoms with Crippen molar-refractivity contribution in [3.05, 3.63) is 29.8 Å². The number of hydrogen-bond acceptors (Lipinski definition) is 3. The summed E-state index contributed by atoms with van der Waals surface area (Å²) in [5.41, 5.74) is 3.61. The molecule has 0 unspecified atom stereocenters. The molecule has 0 atom stereocenters. The van der Waals surface area contributed by atoms with Gasteiger partial charge in [-0.15, -0.1) is 0 Å². The lowest BCUT2D eigenvalue weighted by Crippen LogP contribution is -2.28. The van der Waals surface area contributed by atoms with Crippen molar-refractivity contribution in [1.29, 1.82) is 0 Å². The summed E-state index contributed by atoms with van der Waals surface area (Å²) in [6, 6.07) is 7.72. The van der Waals surface area contributed by atoms with E-state index in [0.29, 0.717) is 5.11 Å². The summed E-state index contributed by atoms with van der Waals surface area (Å²) >= 11 is 4.91. The standard InChI is InChI=1S/C12H17N3OS/c1-9(2)16-11-7-5-4-6-10(11)8-14-15-12(17)13-3/h4-9H,1-3H3,(H2,13,15,17)/b14-8-. The molecule has 0 saturated carbocycles. The summed E-state index contributed by atoms with van der Waals surface area (Å²) in [4.78, 5) is 0. The molecule has 0 radical (unpaired) electrons. The van der Waals surface area contributed by atoms with Crippen LogP contribution < -0.4 is 15.5 Å². The van der Waals surface area contributed by atoms with Crippen molar-refractivity contribution >= 4 is 23.5 Å². The van der Waals surface area contributed by atoms with Crippen LogP contribution in [0.5, 0.6) is 5.75 Å². The average molecular weight is 251 g/mol. The van der Waals surface area contributed by atoms with E-state index in [2.05, 4.69) is 15.8 Å². The summed E-state index contributed by atoms with van der Waals surface area (Å²) in [7, 11) is 1.74. The average Bonchev–Trinajstić information content (AvgIpc) is 2.30. The van der Waals surface area contributed by atoms with Crippen LogP contribution in [0, 0.1) is 0 Å². The van der Waals surface area contributed by atoms with Gasteiger partial charge in [0.05, 0.1) is 12.3 Å². The predicted octanol–water partition coefficient (Wildman–Crippen LogP) is 1.90. The van der Waals surface area contributed by atoms with Gasteiger partial charge < -0.3 is 10.1 Å². The Hall–Kier alpha value is -1.62. The van der Waals surface area contributed by atoms with E-state index in [1.807, 2.05) is 38.1 Å². The molecule has 17 heavy (non-hydrogen) atoms. The van der Waals surface area contributed by atoms with Crippen LogP contribution in [0.2, 0.25) is 0 Å². The Morgan fingerprint density at radius 2 is 2.12 bits per heavy atom. The summed E-state index contributed by atoms with van der Waals surface area (Å²) < 4.78 is 5.66. The van der Waals surface area contributed by atoms with Gasteiger partial charge in [-0.2, -0.15) is 5.10 Å². The highest BCUT2D eigenvalue weighted by atomic mass is 32.1. The van der Waals surface area contributed by atoms with Gasteiger partial charge >= 0.3 is 0 Å². The Morgan fingerprint density at radius 3 is 2.76 bits per heavy atom. The van der Waals surface area contributed by atoms with Gasteiger partial charge in [-0.25, -0.2) is 0 Å². The van der Waals surface area contributed by atoms with E-state index < -0.39 is 0 Å². The zero-order valence-electron chi connectivity index (χ0n) is 10.2. The minimum absolute atomic E-state index is 0.135. The second-order valence-corrected chi connectivity index (χ2v) is 4.06. The first kappa shape index (κ1) is 13.4. The van der Waals surface area contributed by atoms with Crippen molar-refractivity contribution < 1.29 is 4.74 Å².